The van der Waals surface area contributed by atoms with Gasteiger partial charge in [-0.3, -0.25) is 4.99 Å². The minimum Gasteiger partial charge on any atom is -0.492 e. The number of aliphatic imine (C=N–C) groups is 1. The Morgan fingerprint density at radius 3 is 2.68 bits per heavy atom. The number of fused-ring (bicyclic) bond motifs is 1. The number of aromatic hydroxyl groups is 1. The van der Waals surface area contributed by atoms with Crippen LogP contribution in [0.4, 0.5) is 16.5 Å². The van der Waals surface area contributed by atoms with Crippen LogP contribution in [0.15, 0.2) is 53.5 Å². The molecule has 0 aliphatic carbocycles. The number of thiazole rings is 1. The van der Waals surface area contributed by atoms with Gasteiger partial charge in [-0.1, -0.05) is 41.1 Å². The summed E-state index contributed by atoms with van der Waals surface area (Å²) in [7, 11) is 0. The van der Waals surface area contributed by atoms with Gasteiger partial charge in [0, 0.05) is 27.6 Å². The van der Waals surface area contributed by atoms with Gasteiger partial charge in [0.25, 0.3) is 0 Å². The molecule has 0 spiro atoms. The molecular weight excluding hydrogens is 354 g/mol. The van der Waals surface area contributed by atoms with Crippen molar-refractivity contribution in [1.82, 2.24) is 4.98 Å². The Morgan fingerprint density at radius 2 is 1.88 bits per heavy atom. The van der Waals surface area contributed by atoms with Crippen LogP contribution < -0.4 is 5.32 Å². The molecule has 4 rings (SSSR count). The maximum absolute atomic E-state index is 10.2. The number of nitrogens with one attached hydrogen (secondary N) is 1. The lowest BCUT2D eigenvalue weighted by atomic mass is 10.0. The molecular formula is C19H14ClN3OS. The van der Waals surface area contributed by atoms with E-state index in [0.29, 0.717) is 15.0 Å². The van der Waals surface area contributed by atoms with Crippen molar-refractivity contribution in [1.29, 1.82) is 0 Å². The molecule has 2 heterocycles. The predicted molar refractivity (Wildman–Crippen MR) is 106 cm³/mol. The number of hydrogen-bond acceptors (Lipinski definition) is 5. The number of aromatic nitrogens is 1. The van der Waals surface area contributed by atoms with Gasteiger partial charge in [0.1, 0.15) is 0 Å². The zero-order valence-electron chi connectivity index (χ0n) is 13.3. The van der Waals surface area contributed by atoms with Crippen molar-refractivity contribution in [3.05, 3.63) is 64.0 Å². The lowest BCUT2D eigenvalue weighted by Gasteiger charge is -2.01. The minimum absolute atomic E-state index is 0.00569. The van der Waals surface area contributed by atoms with Crippen molar-refractivity contribution >= 4 is 56.8 Å². The van der Waals surface area contributed by atoms with E-state index < -0.39 is 0 Å². The molecule has 0 fully saturated rings. The van der Waals surface area contributed by atoms with Crippen LogP contribution in [0.3, 0.4) is 0 Å². The summed E-state index contributed by atoms with van der Waals surface area (Å²) in [4.78, 5) is 9.45. The van der Waals surface area contributed by atoms with E-state index in [2.05, 4.69) is 15.3 Å². The second-order valence-corrected chi connectivity index (χ2v) is 7.08. The second kappa shape index (κ2) is 6.35. The molecule has 0 radical (unpaired) electrons. The summed E-state index contributed by atoms with van der Waals surface area (Å²) in [5, 5.41) is 14.7. The Kier molecular flexibility index (Phi) is 4.03. The van der Waals surface area contributed by atoms with Crippen LogP contribution in [-0.2, 0) is 0 Å². The Bertz CT molecular complexity index is 1010. The molecule has 2 aromatic carbocycles. The maximum Gasteiger partial charge on any atom is 0.231 e. The van der Waals surface area contributed by atoms with Gasteiger partial charge in [-0.25, -0.2) is 0 Å². The molecule has 4 nitrogen and oxygen atoms in total. The number of allylic oxidation sites excluding steroid dienone is 1. The molecule has 0 saturated carbocycles. The minimum atomic E-state index is 0.00569. The van der Waals surface area contributed by atoms with E-state index in [9.17, 15) is 5.11 Å². The topological polar surface area (TPSA) is 57.5 Å². The first-order valence-electron chi connectivity index (χ1n) is 7.69. The highest BCUT2D eigenvalue weighted by atomic mass is 35.5. The van der Waals surface area contributed by atoms with Gasteiger partial charge >= 0.3 is 0 Å². The third-order valence-electron chi connectivity index (χ3n) is 3.88. The van der Waals surface area contributed by atoms with E-state index in [1.165, 1.54) is 11.3 Å². The Balaban J connectivity index is 1.65. The first kappa shape index (κ1) is 15.9. The van der Waals surface area contributed by atoms with Crippen molar-refractivity contribution in [3.8, 4) is 5.88 Å². The van der Waals surface area contributed by atoms with E-state index in [1.54, 1.807) is 12.1 Å². The molecule has 0 bridgehead atoms. The first-order chi connectivity index (χ1) is 12.1. The van der Waals surface area contributed by atoms with E-state index in [-0.39, 0.29) is 5.88 Å². The molecule has 1 aliphatic rings. The average molecular weight is 368 g/mol. The van der Waals surface area contributed by atoms with Crippen LogP contribution in [0.1, 0.15) is 17.4 Å². The van der Waals surface area contributed by atoms with Gasteiger partial charge in [0.2, 0.25) is 5.88 Å². The standard InChI is InChI=1S/C19H14ClN3OS/c1-11-15(14-4-2-3-5-16(14)21-11)10-17-18(24)23-19(25-17)22-13-8-6-12(20)7-9-13/h2-10,24H,1H3,(H,22,23). The number of benzene rings is 2. The monoisotopic (exact) mass is 367 g/mol. The third kappa shape index (κ3) is 3.16. The SMILES string of the molecule is CC1=Nc2ccccc2C1=Cc1sc(Nc2ccc(Cl)cc2)nc1O. The van der Waals surface area contributed by atoms with Crippen LogP contribution in [-0.4, -0.2) is 15.8 Å². The fourth-order valence-electron chi connectivity index (χ4n) is 2.68. The number of anilines is 2. The van der Waals surface area contributed by atoms with Crippen LogP contribution in [0.5, 0.6) is 5.88 Å². The largest absolute Gasteiger partial charge is 0.492 e. The summed E-state index contributed by atoms with van der Waals surface area (Å²) >= 11 is 7.28. The number of hydrogen-bond donors (Lipinski definition) is 2. The number of rotatable bonds is 3. The van der Waals surface area contributed by atoms with E-state index in [4.69, 9.17) is 11.6 Å². The molecule has 0 saturated heterocycles. The fourth-order valence-corrected chi connectivity index (χ4v) is 3.63. The third-order valence-corrected chi connectivity index (χ3v) is 5.04. The highest BCUT2D eigenvalue weighted by Gasteiger charge is 2.18. The highest BCUT2D eigenvalue weighted by molar-refractivity contribution is 7.16. The number of nitrogens with zero attached hydrogens (tertiary/aromatic N) is 2. The zero-order chi connectivity index (χ0) is 17.4. The second-order valence-electron chi connectivity index (χ2n) is 5.61. The van der Waals surface area contributed by atoms with Crippen molar-refractivity contribution in [3.63, 3.8) is 0 Å². The van der Waals surface area contributed by atoms with Crippen LogP contribution in [0.25, 0.3) is 11.6 Å². The Labute approximate surface area is 154 Å². The lowest BCUT2D eigenvalue weighted by molar-refractivity contribution is 0.457. The predicted octanol–water partition coefficient (Wildman–Crippen LogP) is 5.89. The smallest absolute Gasteiger partial charge is 0.231 e. The normalized spacial score (nSPS) is 14.5. The van der Waals surface area contributed by atoms with Crippen LogP contribution in [0.2, 0.25) is 5.02 Å². The van der Waals surface area contributed by atoms with Gasteiger partial charge in [0.05, 0.1) is 10.6 Å². The summed E-state index contributed by atoms with van der Waals surface area (Å²) in [6.07, 6.45) is 1.94. The van der Waals surface area contributed by atoms with E-state index >= 15 is 0 Å². The molecule has 2 N–H and O–H groups in total. The van der Waals surface area contributed by atoms with Crippen LogP contribution in [0, 0.1) is 0 Å². The summed E-state index contributed by atoms with van der Waals surface area (Å²) in [5.41, 5.74) is 4.82. The van der Waals surface area contributed by atoms with E-state index in [1.807, 2.05) is 49.4 Å². The number of halogens is 1. The lowest BCUT2D eigenvalue weighted by Crippen LogP contribution is -1.89. The molecule has 0 atom stereocenters. The van der Waals surface area contributed by atoms with Crippen molar-refractivity contribution < 1.29 is 5.11 Å². The summed E-state index contributed by atoms with van der Waals surface area (Å²) < 4.78 is 0. The van der Waals surface area contributed by atoms with Gasteiger partial charge in [-0.2, -0.15) is 4.98 Å². The number of para-hydroxylation sites is 1. The van der Waals surface area contributed by atoms with Gasteiger partial charge in [-0.05, 0) is 43.3 Å². The van der Waals surface area contributed by atoms with Gasteiger partial charge < -0.3 is 10.4 Å². The molecule has 3 aromatic rings. The molecule has 124 valence electrons. The summed E-state index contributed by atoms with van der Waals surface area (Å²) in [5.74, 6) is 0.00569. The molecule has 6 heteroatoms. The van der Waals surface area contributed by atoms with E-state index in [0.717, 1.165) is 28.2 Å². The highest BCUT2D eigenvalue weighted by Crippen LogP contribution is 2.39. The first-order valence-corrected chi connectivity index (χ1v) is 8.89. The molecule has 1 aromatic heterocycles. The molecule has 0 unspecified atom stereocenters. The maximum atomic E-state index is 10.2. The Hall–Kier alpha value is -2.63. The summed E-state index contributed by atoms with van der Waals surface area (Å²) in [6.45, 7) is 1.97. The average Bonchev–Trinajstić information content (AvgIpc) is 3.10. The fraction of sp³-hybridized carbons (Fsp3) is 0.0526. The van der Waals surface area contributed by atoms with Gasteiger partial charge in [-0.15, -0.1) is 0 Å². The van der Waals surface area contributed by atoms with Crippen molar-refractivity contribution in [2.75, 3.05) is 5.32 Å². The van der Waals surface area contributed by atoms with Crippen molar-refractivity contribution in [2.24, 2.45) is 4.99 Å². The Morgan fingerprint density at radius 1 is 1.12 bits per heavy atom. The van der Waals surface area contributed by atoms with Gasteiger partial charge in [0.15, 0.2) is 5.13 Å². The molecule has 25 heavy (non-hydrogen) atoms. The quantitative estimate of drug-likeness (QED) is 0.606. The summed E-state index contributed by atoms with van der Waals surface area (Å²) in [6, 6.07) is 15.3. The van der Waals surface area contributed by atoms with Crippen LogP contribution >= 0.6 is 22.9 Å². The molecule has 0 amide bonds. The van der Waals surface area contributed by atoms with Crippen molar-refractivity contribution in [2.45, 2.75) is 6.92 Å². The molecule has 1 aliphatic heterocycles. The zero-order valence-corrected chi connectivity index (χ0v) is 14.9.